The van der Waals surface area contributed by atoms with Gasteiger partial charge in [0.2, 0.25) is 0 Å². The maximum atomic E-state index is 6.17. The van der Waals surface area contributed by atoms with Crippen LogP contribution in [0.15, 0.2) is 0 Å². The quantitative estimate of drug-likeness (QED) is 0.777. The number of hydrogen-bond donors (Lipinski definition) is 1. The highest BCUT2D eigenvalue weighted by Gasteiger charge is 2.48. The van der Waals surface area contributed by atoms with E-state index >= 15 is 0 Å². The van der Waals surface area contributed by atoms with Gasteiger partial charge in [0.05, 0.1) is 11.2 Å². The Morgan fingerprint density at radius 1 is 1.25 bits per heavy atom. The first-order valence-corrected chi connectivity index (χ1v) is 6.76. The second-order valence-electron chi connectivity index (χ2n) is 6.24. The predicted octanol–water partition coefficient (Wildman–Crippen LogP) is 3.36. The van der Waals surface area contributed by atoms with Crippen molar-refractivity contribution in [3.05, 3.63) is 0 Å². The van der Waals surface area contributed by atoms with Crippen molar-refractivity contribution >= 4 is 0 Å². The van der Waals surface area contributed by atoms with Gasteiger partial charge in [0.15, 0.2) is 0 Å². The summed E-state index contributed by atoms with van der Waals surface area (Å²) in [5.74, 6) is 0.624. The summed E-state index contributed by atoms with van der Waals surface area (Å²) in [4.78, 5) is 0. The minimum atomic E-state index is 0.00488. The van der Waals surface area contributed by atoms with Crippen LogP contribution in [0.2, 0.25) is 0 Å². The van der Waals surface area contributed by atoms with Gasteiger partial charge in [-0.25, -0.2) is 0 Å². The van der Waals surface area contributed by atoms with E-state index in [-0.39, 0.29) is 11.2 Å². The summed E-state index contributed by atoms with van der Waals surface area (Å²) >= 11 is 0. The van der Waals surface area contributed by atoms with Crippen LogP contribution in [0.3, 0.4) is 0 Å². The molecule has 1 aliphatic heterocycles. The van der Waals surface area contributed by atoms with Crippen molar-refractivity contribution in [2.24, 2.45) is 5.92 Å². The lowest BCUT2D eigenvalue weighted by Gasteiger charge is -2.33. The molecule has 2 unspecified atom stereocenters. The van der Waals surface area contributed by atoms with Gasteiger partial charge >= 0.3 is 0 Å². The van der Waals surface area contributed by atoms with E-state index in [9.17, 15) is 0 Å². The van der Waals surface area contributed by atoms with E-state index in [2.05, 4.69) is 46.9 Å². The van der Waals surface area contributed by atoms with Gasteiger partial charge in [-0.2, -0.15) is 0 Å². The lowest BCUT2D eigenvalue weighted by atomic mass is 9.80. The maximum absolute atomic E-state index is 6.17. The molecule has 0 radical (unpaired) electrons. The summed E-state index contributed by atoms with van der Waals surface area (Å²) in [6, 6.07) is 0.594. The van der Waals surface area contributed by atoms with Gasteiger partial charge in [-0.05, 0) is 53.5 Å². The Labute approximate surface area is 101 Å². The SMILES string of the molecule is CCCNC(CC)C1CC(C)(C)OC1(C)C. The average Bonchev–Trinajstić information content (AvgIpc) is 2.36. The van der Waals surface area contributed by atoms with Crippen molar-refractivity contribution < 1.29 is 4.74 Å². The van der Waals surface area contributed by atoms with Gasteiger partial charge < -0.3 is 10.1 Å². The predicted molar refractivity (Wildman–Crippen MR) is 69.7 cm³/mol. The number of hydrogen-bond acceptors (Lipinski definition) is 2. The molecule has 2 nitrogen and oxygen atoms in total. The molecule has 1 N–H and O–H groups in total. The number of nitrogens with one attached hydrogen (secondary N) is 1. The van der Waals surface area contributed by atoms with Crippen molar-refractivity contribution in [1.82, 2.24) is 5.32 Å². The van der Waals surface area contributed by atoms with E-state index in [1.54, 1.807) is 0 Å². The highest BCUT2D eigenvalue weighted by atomic mass is 16.5. The van der Waals surface area contributed by atoms with Crippen LogP contribution in [0.4, 0.5) is 0 Å². The summed E-state index contributed by atoms with van der Waals surface area (Å²) in [6.07, 6.45) is 3.55. The van der Waals surface area contributed by atoms with Gasteiger partial charge in [0, 0.05) is 12.0 Å². The van der Waals surface area contributed by atoms with Crippen LogP contribution in [-0.4, -0.2) is 23.8 Å². The van der Waals surface area contributed by atoms with Crippen molar-refractivity contribution in [2.75, 3.05) is 6.54 Å². The lowest BCUT2D eigenvalue weighted by Crippen LogP contribution is -2.44. The minimum Gasteiger partial charge on any atom is -0.369 e. The Hall–Kier alpha value is -0.0800. The molecule has 0 aliphatic carbocycles. The summed E-state index contributed by atoms with van der Waals surface area (Å²) < 4.78 is 6.17. The summed E-state index contributed by atoms with van der Waals surface area (Å²) in [6.45, 7) is 14.5. The van der Waals surface area contributed by atoms with Gasteiger partial charge in [-0.3, -0.25) is 0 Å². The lowest BCUT2D eigenvalue weighted by molar-refractivity contribution is -0.0777. The molecule has 0 bridgehead atoms. The molecule has 1 saturated heterocycles. The average molecular weight is 227 g/mol. The van der Waals surface area contributed by atoms with E-state index < -0.39 is 0 Å². The summed E-state index contributed by atoms with van der Waals surface area (Å²) in [5, 5.41) is 3.67. The fraction of sp³-hybridized carbons (Fsp3) is 1.00. The largest absolute Gasteiger partial charge is 0.369 e. The van der Waals surface area contributed by atoms with E-state index in [0.717, 1.165) is 13.0 Å². The standard InChI is InChI=1S/C14H29NO/c1-7-9-15-12(8-2)11-10-13(3,4)16-14(11,5)6/h11-12,15H,7-10H2,1-6H3. The minimum absolute atomic E-state index is 0.00488. The van der Waals surface area contributed by atoms with Gasteiger partial charge in [-0.1, -0.05) is 13.8 Å². The van der Waals surface area contributed by atoms with Crippen LogP contribution < -0.4 is 5.32 Å². The molecule has 2 atom stereocenters. The maximum Gasteiger partial charge on any atom is 0.0677 e. The number of rotatable bonds is 5. The molecule has 0 aromatic rings. The molecule has 96 valence electrons. The van der Waals surface area contributed by atoms with E-state index in [1.807, 2.05) is 0 Å². The van der Waals surface area contributed by atoms with Crippen LogP contribution in [-0.2, 0) is 4.74 Å². The molecule has 0 amide bonds. The zero-order valence-electron chi connectivity index (χ0n) is 11.9. The molecule has 1 aliphatic rings. The van der Waals surface area contributed by atoms with Crippen LogP contribution in [0.1, 0.15) is 60.8 Å². The van der Waals surface area contributed by atoms with E-state index in [4.69, 9.17) is 4.74 Å². The van der Waals surface area contributed by atoms with Crippen LogP contribution >= 0.6 is 0 Å². The molecule has 1 heterocycles. The molecule has 0 aromatic heterocycles. The van der Waals surface area contributed by atoms with Crippen molar-refractivity contribution in [1.29, 1.82) is 0 Å². The topological polar surface area (TPSA) is 21.3 Å². The Balaban J connectivity index is 2.69. The molecular formula is C14H29NO. The van der Waals surface area contributed by atoms with Gasteiger partial charge in [0.25, 0.3) is 0 Å². The highest BCUT2D eigenvalue weighted by molar-refractivity contribution is 4.99. The molecule has 2 heteroatoms. The Bertz CT molecular complexity index is 223. The molecule has 1 rings (SSSR count). The Morgan fingerprint density at radius 2 is 1.88 bits per heavy atom. The van der Waals surface area contributed by atoms with Crippen molar-refractivity contribution in [3.63, 3.8) is 0 Å². The smallest absolute Gasteiger partial charge is 0.0677 e. The normalized spacial score (nSPS) is 29.2. The van der Waals surface area contributed by atoms with Gasteiger partial charge in [0.1, 0.15) is 0 Å². The molecule has 0 spiro atoms. The monoisotopic (exact) mass is 227 g/mol. The first kappa shape index (κ1) is 14.0. The summed E-state index contributed by atoms with van der Waals surface area (Å²) in [5.41, 5.74) is 0.0421. The zero-order valence-corrected chi connectivity index (χ0v) is 11.9. The van der Waals surface area contributed by atoms with Crippen LogP contribution in [0, 0.1) is 5.92 Å². The molecule has 16 heavy (non-hydrogen) atoms. The Morgan fingerprint density at radius 3 is 2.25 bits per heavy atom. The van der Waals surface area contributed by atoms with Crippen molar-refractivity contribution in [2.45, 2.75) is 78.0 Å². The number of ether oxygens (including phenoxy) is 1. The fourth-order valence-corrected chi connectivity index (χ4v) is 3.13. The van der Waals surface area contributed by atoms with Crippen LogP contribution in [0.25, 0.3) is 0 Å². The molecule has 0 aromatic carbocycles. The van der Waals surface area contributed by atoms with Gasteiger partial charge in [-0.15, -0.1) is 0 Å². The first-order valence-electron chi connectivity index (χ1n) is 6.76. The third-order valence-electron chi connectivity index (χ3n) is 3.73. The Kier molecular flexibility index (Phi) is 4.42. The molecule has 0 saturated carbocycles. The molecule has 1 fully saturated rings. The zero-order chi connectivity index (χ0) is 12.4. The van der Waals surface area contributed by atoms with E-state index in [1.165, 1.54) is 12.8 Å². The first-order chi connectivity index (χ1) is 7.32. The molecular weight excluding hydrogens is 198 g/mol. The third kappa shape index (κ3) is 3.21. The van der Waals surface area contributed by atoms with E-state index in [0.29, 0.717) is 12.0 Å². The van der Waals surface area contributed by atoms with Crippen molar-refractivity contribution in [3.8, 4) is 0 Å². The highest BCUT2D eigenvalue weighted by Crippen LogP contribution is 2.44. The second kappa shape index (κ2) is 5.05. The fourth-order valence-electron chi connectivity index (χ4n) is 3.13. The summed E-state index contributed by atoms with van der Waals surface area (Å²) in [7, 11) is 0. The van der Waals surface area contributed by atoms with Crippen LogP contribution in [0.5, 0.6) is 0 Å². The third-order valence-corrected chi connectivity index (χ3v) is 3.73. The second-order valence-corrected chi connectivity index (χ2v) is 6.24.